The van der Waals surface area contributed by atoms with E-state index in [9.17, 15) is 26.7 Å². The van der Waals surface area contributed by atoms with E-state index in [1.165, 1.54) is 23.6 Å². The predicted molar refractivity (Wildman–Crippen MR) is 146 cm³/mol. The summed E-state index contributed by atoms with van der Waals surface area (Å²) in [4.78, 5) is 4.98. The number of rotatable bonds is 7. The van der Waals surface area contributed by atoms with Crippen molar-refractivity contribution < 1.29 is 26.7 Å². The largest absolute Gasteiger partial charge is 0.421 e. The highest BCUT2D eigenvalue weighted by molar-refractivity contribution is 7.90. The Kier molecular flexibility index (Phi) is 6.17. The Bertz CT molecular complexity index is 1700. The fourth-order valence-electron chi connectivity index (χ4n) is 5.14. The third kappa shape index (κ3) is 4.66. The van der Waals surface area contributed by atoms with Gasteiger partial charge in [0.25, 0.3) is 0 Å². The number of hydrogen-bond acceptors (Lipinski definition) is 5. The Morgan fingerprint density at radius 2 is 1.87 bits per heavy atom. The minimum Gasteiger partial charge on any atom is -0.376 e. The highest BCUT2D eigenvalue weighted by Crippen LogP contribution is 2.68. The van der Waals surface area contributed by atoms with E-state index in [0.717, 1.165) is 29.0 Å². The van der Waals surface area contributed by atoms with Crippen LogP contribution < -0.4 is 4.72 Å². The van der Waals surface area contributed by atoms with Gasteiger partial charge in [-0.1, -0.05) is 48.0 Å². The Morgan fingerprint density at radius 1 is 1.13 bits per heavy atom. The molecule has 0 bridgehead atoms. The summed E-state index contributed by atoms with van der Waals surface area (Å²) >= 11 is 7.86. The van der Waals surface area contributed by atoms with E-state index in [-0.39, 0.29) is 16.7 Å². The van der Waals surface area contributed by atoms with Crippen LogP contribution in [0.4, 0.5) is 13.2 Å². The number of pyridine rings is 1. The molecule has 2 aromatic heterocycles. The van der Waals surface area contributed by atoms with Gasteiger partial charge < -0.3 is 5.11 Å². The third-order valence-corrected chi connectivity index (χ3v) is 11.5. The zero-order valence-electron chi connectivity index (χ0n) is 20.7. The van der Waals surface area contributed by atoms with Gasteiger partial charge in [-0.2, -0.15) is 13.2 Å². The lowest BCUT2D eigenvalue weighted by atomic mass is 9.94. The summed E-state index contributed by atoms with van der Waals surface area (Å²) in [5.41, 5.74) is -1.99. The van der Waals surface area contributed by atoms with E-state index < -0.39 is 33.1 Å². The van der Waals surface area contributed by atoms with E-state index >= 15 is 0 Å². The van der Waals surface area contributed by atoms with Gasteiger partial charge in [-0.15, -0.1) is 11.3 Å². The maximum atomic E-state index is 13.5. The van der Waals surface area contributed by atoms with Gasteiger partial charge in [-0.05, 0) is 72.4 Å². The second-order valence-corrected chi connectivity index (χ2v) is 13.9. The quantitative estimate of drug-likeness (QED) is 0.243. The number of aromatic nitrogens is 1. The average Bonchev–Trinajstić information content (AvgIpc) is 3.78. The smallest absolute Gasteiger partial charge is 0.376 e. The SMILES string of the molecule is C[C@](O)(c1ccnc(-c2cccc3cc([C@H](NS(=O)(=O)[C@@H]4CC45CC5)c4ccccc4Cl)sc23)c1)C(F)(F)F. The summed E-state index contributed by atoms with van der Waals surface area (Å²) in [7, 11) is -3.63. The lowest BCUT2D eigenvalue weighted by Gasteiger charge is -2.26. The molecule has 204 valence electrons. The molecule has 39 heavy (non-hydrogen) atoms. The Morgan fingerprint density at radius 3 is 2.54 bits per heavy atom. The van der Waals surface area contributed by atoms with Gasteiger partial charge in [0, 0.05) is 26.4 Å². The highest BCUT2D eigenvalue weighted by atomic mass is 35.5. The van der Waals surface area contributed by atoms with E-state index in [2.05, 4.69) is 9.71 Å². The van der Waals surface area contributed by atoms with Crippen LogP contribution in [0, 0.1) is 5.41 Å². The summed E-state index contributed by atoms with van der Waals surface area (Å²) in [6.45, 7) is 0.710. The number of nitrogens with one attached hydrogen (secondary N) is 1. The van der Waals surface area contributed by atoms with Gasteiger partial charge >= 0.3 is 6.18 Å². The molecule has 4 aromatic rings. The molecule has 3 atom stereocenters. The number of thiophene rings is 1. The van der Waals surface area contributed by atoms with Crippen LogP contribution >= 0.6 is 22.9 Å². The molecule has 2 saturated carbocycles. The lowest BCUT2D eigenvalue weighted by Crippen LogP contribution is -2.39. The second kappa shape index (κ2) is 9.01. The molecule has 0 radical (unpaired) electrons. The third-order valence-electron chi connectivity index (χ3n) is 7.88. The Hall–Kier alpha value is -2.50. The maximum Gasteiger partial charge on any atom is 0.421 e. The highest BCUT2D eigenvalue weighted by Gasteiger charge is 2.68. The monoisotopic (exact) mass is 592 g/mol. The van der Waals surface area contributed by atoms with Crippen LogP contribution in [0.25, 0.3) is 21.3 Å². The molecular formula is C28H24ClF3N2O3S2. The zero-order valence-corrected chi connectivity index (χ0v) is 23.1. The first kappa shape index (κ1) is 26.7. The van der Waals surface area contributed by atoms with Crippen LogP contribution in [-0.4, -0.2) is 29.9 Å². The summed E-state index contributed by atoms with van der Waals surface area (Å²) < 4.78 is 70.9. The fourth-order valence-corrected chi connectivity index (χ4v) is 8.90. The molecule has 2 aliphatic carbocycles. The first-order valence-electron chi connectivity index (χ1n) is 12.4. The van der Waals surface area contributed by atoms with Gasteiger partial charge in [0.2, 0.25) is 10.0 Å². The molecule has 0 aliphatic heterocycles. The summed E-state index contributed by atoms with van der Waals surface area (Å²) in [5.74, 6) is 0. The van der Waals surface area contributed by atoms with Crippen molar-refractivity contribution >= 4 is 43.0 Å². The summed E-state index contributed by atoms with van der Waals surface area (Å²) in [6.07, 6.45) is -1.11. The number of hydrogen-bond donors (Lipinski definition) is 2. The van der Waals surface area contributed by atoms with Crippen molar-refractivity contribution in [3.63, 3.8) is 0 Å². The number of sulfonamides is 1. The first-order chi connectivity index (χ1) is 18.3. The predicted octanol–water partition coefficient (Wildman–Crippen LogP) is 6.95. The van der Waals surface area contributed by atoms with Crippen molar-refractivity contribution in [3.05, 3.63) is 87.9 Å². The molecule has 0 amide bonds. The van der Waals surface area contributed by atoms with Crippen molar-refractivity contribution in [1.82, 2.24) is 9.71 Å². The van der Waals surface area contributed by atoms with Gasteiger partial charge in [0.1, 0.15) is 0 Å². The molecule has 6 rings (SSSR count). The molecule has 2 aromatic carbocycles. The molecule has 2 aliphatic rings. The lowest BCUT2D eigenvalue weighted by molar-refractivity contribution is -0.258. The minimum atomic E-state index is -4.87. The van der Waals surface area contributed by atoms with E-state index in [1.54, 1.807) is 36.4 Å². The summed E-state index contributed by atoms with van der Waals surface area (Å²) in [6, 6.07) is 15.9. The van der Waals surface area contributed by atoms with Crippen LogP contribution in [0.2, 0.25) is 5.02 Å². The van der Waals surface area contributed by atoms with Crippen LogP contribution in [0.3, 0.4) is 0 Å². The second-order valence-electron chi connectivity index (χ2n) is 10.5. The fraction of sp³-hybridized carbons (Fsp3) is 0.321. The number of benzene rings is 2. The van der Waals surface area contributed by atoms with Crippen molar-refractivity contribution in [2.24, 2.45) is 5.41 Å². The van der Waals surface area contributed by atoms with Crippen molar-refractivity contribution in [2.75, 3.05) is 0 Å². The zero-order chi connectivity index (χ0) is 27.8. The van der Waals surface area contributed by atoms with Gasteiger partial charge in [0.05, 0.1) is 17.0 Å². The molecule has 2 heterocycles. The Labute approximate surface area is 232 Å². The summed E-state index contributed by atoms with van der Waals surface area (Å²) in [5, 5.41) is 11.0. The van der Waals surface area contributed by atoms with Gasteiger partial charge in [0.15, 0.2) is 5.60 Å². The van der Waals surface area contributed by atoms with Crippen LogP contribution in [0.1, 0.15) is 48.2 Å². The molecule has 2 N–H and O–H groups in total. The van der Waals surface area contributed by atoms with Crippen molar-refractivity contribution in [2.45, 2.75) is 49.3 Å². The average molecular weight is 593 g/mol. The number of halogens is 4. The van der Waals surface area contributed by atoms with Crippen molar-refractivity contribution in [1.29, 1.82) is 0 Å². The van der Waals surface area contributed by atoms with Gasteiger partial charge in [-0.25, -0.2) is 13.1 Å². The topological polar surface area (TPSA) is 79.3 Å². The van der Waals surface area contributed by atoms with E-state index in [1.807, 2.05) is 12.1 Å². The van der Waals surface area contributed by atoms with Crippen LogP contribution in [0.5, 0.6) is 0 Å². The van der Waals surface area contributed by atoms with Crippen molar-refractivity contribution in [3.8, 4) is 11.3 Å². The molecular weight excluding hydrogens is 569 g/mol. The number of alkyl halides is 3. The van der Waals surface area contributed by atoms with E-state index in [0.29, 0.717) is 34.4 Å². The number of aliphatic hydroxyl groups is 1. The maximum absolute atomic E-state index is 13.5. The normalized spacial score (nSPS) is 20.6. The number of fused-ring (bicyclic) bond motifs is 1. The molecule has 11 heteroatoms. The van der Waals surface area contributed by atoms with Crippen LogP contribution in [0.15, 0.2) is 66.9 Å². The minimum absolute atomic E-state index is 0.0709. The Balaban J connectivity index is 1.44. The molecule has 2 fully saturated rings. The van der Waals surface area contributed by atoms with Crippen LogP contribution in [-0.2, 0) is 15.6 Å². The standard InChI is InChI=1S/C28H24ClF3N2O3S2/c1-26(35,28(30,31)32)17-9-12-33-21(14-17)19-7-4-5-16-13-22(38-25(16)19)24(18-6-2-3-8-20(18)29)34-39(36,37)23-15-27(23)10-11-27/h2-9,12-14,23-24,34-35H,10-11,15H2,1H3/t23-,24-,26+/m1/s1. The molecule has 5 nitrogen and oxygen atoms in total. The van der Waals surface area contributed by atoms with Gasteiger partial charge in [-0.3, -0.25) is 4.98 Å². The molecule has 1 spiro atoms. The molecule has 0 saturated heterocycles. The van der Waals surface area contributed by atoms with E-state index in [4.69, 9.17) is 11.6 Å². The number of nitrogens with zero attached hydrogens (tertiary/aromatic N) is 1. The molecule has 0 unspecified atom stereocenters. The first-order valence-corrected chi connectivity index (χ1v) is 15.1.